The highest BCUT2D eigenvalue weighted by molar-refractivity contribution is 5.94. The van der Waals surface area contributed by atoms with E-state index >= 15 is 0 Å². The fraction of sp³-hybridized carbons (Fsp3) is 0.364. The highest BCUT2D eigenvalue weighted by Gasteiger charge is 2.35. The Morgan fingerprint density at radius 1 is 1.22 bits per heavy atom. The summed E-state index contributed by atoms with van der Waals surface area (Å²) in [6.07, 6.45) is 1.51. The molecule has 2 aromatic rings. The van der Waals surface area contributed by atoms with Crippen molar-refractivity contribution >= 4 is 5.91 Å². The number of nitriles is 1. The van der Waals surface area contributed by atoms with Crippen molar-refractivity contribution in [2.45, 2.75) is 18.4 Å². The first kappa shape index (κ1) is 19.1. The molecule has 5 nitrogen and oxygen atoms in total. The van der Waals surface area contributed by atoms with Gasteiger partial charge in [0.1, 0.15) is 0 Å². The van der Waals surface area contributed by atoms with Gasteiger partial charge in [0.25, 0.3) is 5.91 Å². The van der Waals surface area contributed by atoms with Crippen molar-refractivity contribution in [2.75, 3.05) is 33.7 Å². The van der Waals surface area contributed by atoms with Gasteiger partial charge in [-0.05, 0) is 62.3 Å². The summed E-state index contributed by atoms with van der Waals surface area (Å²) in [5.41, 5.74) is 2.29. The number of nitrogens with zero attached hydrogens (tertiary/aromatic N) is 3. The maximum absolute atomic E-state index is 12.9. The van der Waals surface area contributed by atoms with Gasteiger partial charge in [-0.1, -0.05) is 24.3 Å². The number of hydrogen-bond donors (Lipinski definition) is 1. The molecule has 0 saturated carbocycles. The average molecular weight is 363 g/mol. The largest absolute Gasteiger partial charge is 0.387 e. The van der Waals surface area contributed by atoms with Gasteiger partial charge in [0.15, 0.2) is 0 Å². The number of aliphatic hydroxyl groups is 1. The fourth-order valence-electron chi connectivity index (χ4n) is 3.76. The highest BCUT2D eigenvalue weighted by atomic mass is 16.3. The second kappa shape index (κ2) is 7.91. The van der Waals surface area contributed by atoms with Gasteiger partial charge in [0, 0.05) is 18.7 Å². The lowest BCUT2D eigenvalue weighted by Gasteiger charge is -2.40. The van der Waals surface area contributed by atoms with Crippen molar-refractivity contribution in [2.24, 2.45) is 0 Å². The third-order valence-corrected chi connectivity index (χ3v) is 4.91. The van der Waals surface area contributed by atoms with Gasteiger partial charge in [-0.25, -0.2) is 0 Å². The van der Waals surface area contributed by atoms with Crippen LogP contribution in [0.3, 0.4) is 0 Å². The lowest BCUT2D eigenvalue weighted by molar-refractivity contribution is -0.0391. The van der Waals surface area contributed by atoms with E-state index in [-0.39, 0.29) is 5.91 Å². The topological polar surface area (TPSA) is 67.6 Å². The summed E-state index contributed by atoms with van der Waals surface area (Å²) < 4.78 is 0. The molecule has 1 N–H and O–H groups in total. The molecule has 0 aliphatic carbocycles. The number of carbonyl (C=O) groups is 1. The molecule has 27 heavy (non-hydrogen) atoms. The van der Waals surface area contributed by atoms with Crippen LogP contribution in [0.15, 0.2) is 48.5 Å². The Morgan fingerprint density at radius 2 is 1.96 bits per heavy atom. The van der Waals surface area contributed by atoms with Crippen molar-refractivity contribution in [3.05, 3.63) is 59.7 Å². The molecule has 5 heteroatoms. The van der Waals surface area contributed by atoms with Crippen LogP contribution in [-0.4, -0.2) is 60.1 Å². The lowest BCUT2D eigenvalue weighted by Crippen LogP contribution is -2.54. The van der Waals surface area contributed by atoms with Crippen LogP contribution in [-0.2, 0) is 0 Å². The van der Waals surface area contributed by atoms with Crippen LogP contribution in [0.2, 0.25) is 0 Å². The number of likely N-dealkylation sites (tertiary alicyclic amines) is 1. The lowest BCUT2D eigenvalue weighted by atomic mass is 9.92. The van der Waals surface area contributed by atoms with E-state index in [9.17, 15) is 9.90 Å². The van der Waals surface area contributed by atoms with Crippen LogP contribution in [0.4, 0.5) is 0 Å². The second-order valence-corrected chi connectivity index (χ2v) is 7.56. The maximum atomic E-state index is 12.9. The SMILES string of the molecule is CN(C)C[C@]1(O)CCCN(C(=O)c2ccc(-c3cccc(C#N)c3)cc2)C1. The Kier molecular flexibility index (Phi) is 5.59. The van der Waals surface area contributed by atoms with E-state index < -0.39 is 5.60 Å². The van der Waals surface area contributed by atoms with Crippen molar-refractivity contribution in [3.8, 4) is 17.2 Å². The number of piperidine rings is 1. The summed E-state index contributed by atoms with van der Waals surface area (Å²) in [5, 5.41) is 19.8. The summed E-state index contributed by atoms with van der Waals surface area (Å²) in [7, 11) is 3.86. The molecule has 1 heterocycles. The molecule has 0 aromatic heterocycles. The molecule has 0 radical (unpaired) electrons. The summed E-state index contributed by atoms with van der Waals surface area (Å²) in [6, 6.07) is 17.0. The Balaban J connectivity index is 1.75. The van der Waals surface area contributed by atoms with E-state index in [0.29, 0.717) is 37.2 Å². The van der Waals surface area contributed by atoms with E-state index in [1.807, 2.05) is 61.5 Å². The Morgan fingerprint density at radius 3 is 2.63 bits per heavy atom. The molecule has 1 fully saturated rings. The van der Waals surface area contributed by atoms with E-state index in [1.165, 1.54) is 0 Å². The molecule has 140 valence electrons. The van der Waals surface area contributed by atoms with Gasteiger partial charge in [0.2, 0.25) is 0 Å². The van der Waals surface area contributed by atoms with E-state index in [2.05, 4.69) is 6.07 Å². The zero-order valence-corrected chi connectivity index (χ0v) is 15.9. The number of hydrogen-bond acceptors (Lipinski definition) is 4. The van der Waals surface area contributed by atoms with E-state index in [0.717, 1.165) is 17.5 Å². The molecule has 1 aliphatic rings. The first-order valence-electron chi connectivity index (χ1n) is 9.17. The summed E-state index contributed by atoms with van der Waals surface area (Å²) in [4.78, 5) is 16.6. The summed E-state index contributed by atoms with van der Waals surface area (Å²) in [5.74, 6) is -0.0517. The Labute approximate surface area is 160 Å². The van der Waals surface area contributed by atoms with Crippen LogP contribution in [0, 0.1) is 11.3 Å². The van der Waals surface area contributed by atoms with Crippen molar-refractivity contribution in [3.63, 3.8) is 0 Å². The van der Waals surface area contributed by atoms with Gasteiger partial charge >= 0.3 is 0 Å². The third kappa shape index (κ3) is 4.54. The molecule has 0 bridgehead atoms. The van der Waals surface area contributed by atoms with Gasteiger partial charge in [-0.15, -0.1) is 0 Å². The molecule has 0 unspecified atom stereocenters. The number of rotatable bonds is 4. The Hall–Kier alpha value is -2.68. The van der Waals surface area contributed by atoms with Crippen molar-refractivity contribution in [1.82, 2.24) is 9.80 Å². The molecular formula is C22H25N3O2. The highest BCUT2D eigenvalue weighted by Crippen LogP contribution is 2.25. The number of carbonyl (C=O) groups excluding carboxylic acids is 1. The molecule has 2 aromatic carbocycles. The molecule has 1 amide bonds. The predicted octanol–water partition coefficient (Wildman–Crippen LogP) is 2.75. The first-order chi connectivity index (χ1) is 12.9. The number of likely N-dealkylation sites (N-methyl/N-ethyl adjacent to an activating group) is 1. The maximum Gasteiger partial charge on any atom is 0.253 e. The first-order valence-corrected chi connectivity index (χ1v) is 9.17. The number of benzene rings is 2. The van der Waals surface area contributed by atoms with Crippen LogP contribution in [0.5, 0.6) is 0 Å². The summed E-state index contributed by atoms with van der Waals surface area (Å²) >= 11 is 0. The number of amides is 1. The number of β-amino-alcohol motifs (C(OH)–C–C–N with tert-alkyl or cyclic N) is 1. The summed E-state index contributed by atoms with van der Waals surface area (Å²) in [6.45, 7) is 1.57. The van der Waals surface area contributed by atoms with E-state index in [1.54, 1.807) is 11.0 Å². The van der Waals surface area contributed by atoms with Crippen LogP contribution >= 0.6 is 0 Å². The molecular weight excluding hydrogens is 338 g/mol. The predicted molar refractivity (Wildman–Crippen MR) is 105 cm³/mol. The zero-order valence-electron chi connectivity index (χ0n) is 15.9. The van der Waals surface area contributed by atoms with Crippen LogP contribution < -0.4 is 0 Å². The minimum absolute atomic E-state index is 0.0517. The van der Waals surface area contributed by atoms with Crippen molar-refractivity contribution < 1.29 is 9.90 Å². The molecule has 0 spiro atoms. The molecule has 1 saturated heterocycles. The minimum atomic E-state index is -0.852. The van der Waals surface area contributed by atoms with Gasteiger partial charge in [-0.2, -0.15) is 5.26 Å². The smallest absolute Gasteiger partial charge is 0.253 e. The second-order valence-electron chi connectivity index (χ2n) is 7.56. The normalized spacial score (nSPS) is 19.7. The van der Waals surface area contributed by atoms with Gasteiger partial charge < -0.3 is 14.9 Å². The quantitative estimate of drug-likeness (QED) is 0.907. The molecule has 3 rings (SSSR count). The van der Waals surface area contributed by atoms with Crippen LogP contribution in [0.1, 0.15) is 28.8 Å². The zero-order chi connectivity index (χ0) is 19.4. The molecule has 1 aliphatic heterocycles. The van der Waals surface area contributed by atoms with Crippen LogP contribution in [0.25, 0.3) is 11.1 Å². The monoisotopic (exact) mass is 363 g/mol. The van der Waals surface area contributed by atoms with Gasteiger partial charge in [0.05, 0.1) is 23.8 Å². The standard InChI is InChI=1S/C22H25N3O2/c1-24(2)15-22(27)11-4-12-25(16-22)21(26)19-9-7-18(8-10-19)20-6-3-5-17(13-20)14-23/h3,5-10,13,27H,4,11-12,15-16H2,1-2H3/t22-/m1/s1. The molecule has 1 atom stereocenters. The van der Waals surface area contributed by atoms with E-state index in [4.69, 9.17) is 5.26 Å². The van der Waals surface area contributed by atoms with Gasteiger partial charge in [-0.3, -0.25) is 4.79 Å². The average Bonchev–Trinajstić information content (AvgIpc) is 2.66. The third-order valence-electron chi connectivity index (χ3n) is 4.91. The minimum Gasteiger partial charge on any atom is -0.387 e. The fourth-order valence-corrected chi connectivity index (χ4v) is 3.76. The Bertz CT molecular complexity index is 855. The van der Waals surface area contributed by atoms with Crippen molar-refractivity contribution in [1.29, 1.82) is 5.26 Å².